The van der Waals surface area contributed by atoms with Gasteiger partial charge in [-0.3, -0.25) is 0 Å². The minimum atomic E-state index is 0.0907. The van der Waals surface area contributed by atoms with Crippen LogP contribution in [-0.4, -0.2) is 43.4 Å². The van der Waals surface area contributed by atoms with Gasteiger partial charge in [0.05, 0.1) is 26.4 Å². The molecular formula is C12H15NO3S. The third kappa shape index (κ3) is 2.50. The van der Waals surface area contributed by atoms with Crippen molar-refractivity contribution < 1.29 is 14.6 Å². The number of phenols is 1. The second kappa shape index (κ2) is 5.33. The zero-order valence-corrected chi connectivity index (χ0v) is 10.4. The molecule has 0 amide bonds. The Morgan fingerprint density at radius 3 is 3.12 bits per heavy atom. The number of ether oxygens (including phenoxy) is 2. The second-order valence-corrected chi connectivity index (χ2v) is 4.10. The summed E-state index contributed by atoms with van der Waals surface area (Å²) in [6.45, 7) is 2.07. The highest BCUT2D eigenvalue weighted by atomic mass is 32.1. The molecule has 1 N–H and O–H groups in total. The second-order valence-electron chi connectivity index (χ2n) is 3.83. The van der Waals surface area contributed by atoms with Crippen LogP contribution in [0.15, 0.2) is 18.2 Å². The highest BCUT2D eigenvalue weighted by Crippen LogP contribution is 2.31. The number of benzene rings is 1. The lowest BCUT2D eigenvalue weighted by atomic mass is 10.2. The largest absolute Gasteiger partial charge is 0.504 e. The van der Waals surface area contributed by atoms with E-state index in [0.29, 0.717) is 19.0 Å². The molecule has 1 heterocycles. The first kappa shape index (κ1) is 12.1. The third-order valence-electron chi connectivity index (χ3n) is 2.82. The summed E-state index contributed by atoms with van der Waals surface area (Å²) >= 11 is 5.01. The van der Waals surface area contributed by atoms with Crippen LogP contribution in [0.4, 0.5) is 5.69 Å². The molecule has 0 aliphatic carbocycles. The summed E-state index contributed by atoms with van der Waals surface area (Å²) in [4.78, 5) is 2.15. The van der Waals surface area contributed by atoms with Crippen molar-refractivity contribution in [3.8, 4) is 11.5 Å². The van der Waals surface area contributed by atoms with E-state index in [-0.39, 0.29) is 11.8 Å². The number of methoxy groups -OCH3 is 1. The maximum absolute atomic E-state index is 9.56. The molecule has 17 heavy (non-hydrogen) atoms. The molecule has 1 unspecified atom stereocenters. The van der Waals surface area contributed by atoms with Crippen LogP contribution in [0.25, 0.3) is 0 Å². The summed E-state index contributed by atoms with van der Waals surface area (Å²) in [5, 5.41) is 11.3. The number of phenolic OH excluding ortho intramolecular Hbond substituents is 1. The first-order valence-corrected chi connectivity index (χ1v) is 5.90. The number of anilines is 1. The summed E-state index contributed by atoms with van der Waals surface area (Å²) in [5.74, 6) is 0.612. The normalized spacial score (nSPS) is 20.1. The van der Waals surface area contributed by atoms with E-state index >= 15 is 0 Å². The van der Waals surface area contributed by atoms with Gasteiger partial charge in [-0.15, -0.1) is 0 Å². The number of morpholine rings is 1. The van der Waals surface area contributed by atoms with Gasteiger partial charge in [0.1, 0.15) is 0 Å². The molecule has 5 heteroatoms. The van der Waals surface area contributed by atoms with Crippen molar-refractivity contribution in [3.63, 3.8) is 0 Å². The van der Waals surface area contributed by atoms with Crippen molar-refractivity contribution >= 4 is 23.3 Å². The lowest BCUT2D eigenvalue weighted by Crippen LogP contribution is -2.46. The lowest BCUT2D eigenvalue weighted by molar-refractivity contribution is 0.111. The van der Waals surface area contributed by atoms with E-state index in [2.05, 4.69) is 4.90 Å². The van der Waals surface area contributed by atoms with Gasteiger partial charge in [-0.25, -0.2) is 0 Å². The third-order valence-corrected chi connectivity index (χ3v) is 3.13. The van der Waals surface area contributed by atoms with Crippen LogP contribution in [0.2, 0.25) is 0 Å². The number of thiocarbonyl (C=S) groups is 1. The summed E-state index contributed by atoms with van der Waals surface area (Å²) in [6, 6.07) is 5.39. The molecular weight excluding hydrogens is 238 g/mol. The van der Waals surface area contributed by atoms with E-state index in [4.69, 9.17) is 21.7 Å². The smallest absolute Gasteiger partial charge is 0.162 e. The van der Waals surface area contributed by atoms with Gasteiger partial charge in [0.25, 0.3) is 0 Å². The van der Waals surface area contributed by atoms with Gasteiger partial charge in [0, 0.05) is 23.7 Å². The van der Waals surface area contributed by atoms with Crippen LogP contribution in [0.3, 0.4) is 0 Å². The van der Waals surface area contributed by atoms with Crippen molar-refractivity contribution in [1.82, 2.24) is 0 Å². The van der Waals surface area contributed by atoms with Gasteiger partial charge in [-0.2, -0.15) is 0 Å². The van der Waals surface area contributed by atoms with Crippen LogP contribution in [0.1, 0.15) is 0 Å². The molecule has 0 bridgehead atoms. The highest BCUT2D eigenvalue weighted by Gasteiger charge is 2.21. The molecule has 1 aromatic carbocycles. The minimum Gasteiger partial charge on any atom is -0.504 e. The first-order valence-electron chi connectivity index (χ1n) is 5.43. The Hall–Kier alpha value is -1.33. The van der Waals surface area contributed by atoms with Gasteiger partial charge >= 0.3 is 0 Å². The molecule has 0 spiro atoms. The number of hydrogen-bond donors (Lipinski definition) is 1. The topological polar surface area (TPSA) is 41.9 Å². The van der Waals surface area contributed by atoms with Crippen LogP contribution in [0, 0.1) is 0 Å². The summed E-state index contributed by atoms with van der Waals surface area (Å²) < 4.78 is 10.5. The molecule has 2 rings (SSSR count). The fraction of sp³-hybridized carbons (Fsp3) is 0.417. The summed E-state index contributed by atoms with van der Waals surface area (Å²) in [5.41, 5.74) is 0.981. The molecule has 1 aliphatic rings. The molecule has 1 fully saturated rings. The van der Waals surface area contributed by atoms with Crippen molar-refractivity contribution in [2.24, 2.45) is 0 Å². The van der Waals surface area contributed by atoms with Gasteiger partial charge in [-0.05, 0) is 12.1 Å². The Kier molecular flexibility index (Phi) is 3.81. The van der Waals surface area contributed by atoms with Gasteiger partial charge in [0.15, 0.2) is 11.5 Å². The van der Waals surface area contributed by atoms with Crippen LogP contribution >= 0.6 is 12.2 Å². The quantitative estimate of drug-likeness (QED) is 0.829. The number of hydrogen-bond acceptors (Lipinski definition) is 5. The summed E-state index contributed by atoms with van der Waals surface area (Å²) in [7, 11) is 1.54. The predicted octanol–water partition coefficient (Wildman–Crippen LogP) is 1.61. The number of rotatable bonds is 3. The first-order chi connectivity index (χ1) is 8.26. The average molecular weight is 253 g/mol. The standard InChI is InChI=1S/C12H15NO3S/c1-15-12-6-9(2-3-11(12)14)13-4-5-16-7-10(13)8-17/h2-3,6,8,10,14H,4-5,7H2,1H3. The van der Waals surface area contributed by atoms with Crippen molar-refractivity contribution in [3.05, 3.63) is 18.2 Å². The highest BCUT2D eigenvalue weighted by molar-refractivity contribution is 7.79. The van der Waals surface area contributed by atoms with Crippen LogP contribution < -0.4 is 9.64 Å². The molecule has 1 saturated heterocycles. The number of aromatic hydroxyl groups is 1. The molecule has 0 saturated carbocycles. The molecule has 1 aliphatic heterocycles. The molecule has 1 atom stereocenters. The zero-order valence-electron chi connectivity index (χ0n) is 9.63. The Bertz CT molecular complexity index is 411. The molecule has 1 aromatic rings. The van der Waals surface area contributed by atoms with Crippen molar-refractivity contribution in [1.29, 1.82) is 0 Å². The van der Waals surface area contributed by atoms with Crippen molar-refractivity contribution in [2.45, 2.75) is 6.04 Å². The van der Waals surface area contributed by atoms with E-state index in [0.717, 1.165) is 12.2 Å². The van der Waals surface area contributed by atoms with E-state index in [1.165, 1.54) is 7.11 Å². The number of nitrogens with zero attached hydrogens (tertiary/aromatic N) is 1. The van der Waals surface area contributed by atoms with E-state index in [1.54, 1.807) is 11.4 Å². The maximum atomic E-state index is 9.56. The van der Waals surface area contributed by atoms with E-state index < -0.39 is 0 Å². The predicted molar refractivity (Wildman–Crippen MR) is 70.3 cm³/mol. The monoisotopic (exact) mass is 253 g/mol. The minimum absolute atomic E-state index is 0.0907. The van der Waals surface area contributed by atoms with Gasteiger partial charge in [-0.1, -0.05) is 12.2 Å². The summed E-state index contributed by atoms with van der Waals surface area (Å²) in [6.07, 6.45) is 0. The Morgan fingerprint density at radius 1 is 1.59 bits per heavy atom. The Balaban J connectivity index is 2.28. The van der Waals surface area contributed by atoms with Gasteiger partial charge < -0.3 is 19.5 Å². The average Bonchev–Trinajstić information content (AvgIpc) is 2.39. The zero-order chi connectivity index (χ0) is 12.3. The SMILES string of the molecule is COc1cc(N2CCOCC2C=S)ccc1O. The van der Waals surface area contributed by atoms with E-state index in [9.17, 15) is 5.11 Å². The Labute approximate surface area is 106 Å². The molecule has 0 aromatic heterocycles. The molecule has 0 radical (unpaired) electrons. The van der Waals surface area contributed by atoms with E-state index in [1.807, 2.05) is 12.1 Å². The molecule has 92 valence electrons. The maximum Gasteiger partial charge on any atom is 0.162 e. The Morgan fingerprint density at radius 2 is 2.41 bits per heavy atom. The molecule has 4 nitrogen and oxygen atoms in total. The van der Waals surface area contributed by atoms with Crippen LogP contribution in [0.5, 0.6) is 11.5 Å². The van der Waals surface area contributed by atoms with Crippen molar-refractivity contribution in [2.75, 3.05) is 31.8 Å². The lowest BCUT2D eigenvalue weighted by Gasteiger charge is -2.35. The van der Waals surface area contributed by atoms with Gasteiger partial charge in [0.2, 0.25) is 0 Å². The fourth-order valence-corrected chi connectivity index (χ4v) is 2.13. The van der Waals surface area contributed by atoms with Crippen LogP contribution in [-0.2, 0) is 4.74 Å². The fourth-order valence-electron chi connectivity index (χ4n) is 1.90.